The molecule has 0 unspecified atom stereocenters. The molecule has 0 fully saturated rings. The normalized spacial score (nSPS) is 9.78. The number of rotatable bonds is 5. The van der Waals surface area contributed by atoms with E-state index < -0.39 is 0 Å². The lowest BCUT2D eigenvalue weighted by Gasteiger charge is -2.21. The summed E-state index contributed by atoms with van der Waals surface area (Å²) in [4.78, 5) is 14.2. The van der Waals surface area contributed by atoms with Crippen LogP contribution in [0.5, 0.6) is 0 Å². The highest BCUT2D eigenvalue weighted by Gasteiger charge is 2.05. The summed E-state index contributed by atoms with van der Waals surface area (Å²) in [7, 11) is 0. The van der Waals surface area contributed by atoms with Crippen LogP contribution in [-0.4, -0.2) is 19.1 Å². The van der Waals surface area contributed by atoms with Crippen molar-refractivity contribution >= 4 is 23.1 Å². The van der Waals surface area contributed by atoms with E-state index in [1.807, 2.05) is 30.3 Å². The first-order valence-electron chi connectivity index (χ1n) is 7.59. The number of nitriles is 1. The Bertz CT molecular complexity index is 700. The largest absolute Gasteiger partial charge is 0.372 e. The smallest absolute Gasteiger partial charge is 0.323 e. The summed E-state index contributed by atoms with van der Waals surface area (Å²) in [5, 5.41) is 14.4. The average Bonchev–Trinajstić information content (AvgIpc) is 2.57. The summed E-state index contributed by atoms with van der Waals surface area (Å²) < 4.78 is 0. The predicted octanol–water partition coefficient (Wildman–Crippen LogP) is 4.05. The number of hydrogen-bond acceptors (Lipinski definition) is 3. The minimum atomic E-state index is -0.337. The number of anilines is 3. The average molecular weight is 308 g/mol. The Hall–Kier alpha value is -3.00. The number of carbonyl (C=O) groups is 1. The van der Waals surface area contributed by atoms with Gasteiger partial charge in [0.1, 0.15) is 0 Å². The second-order valence-electron chi connectivity index (χ2n) is 4.99. The van der Waals surface area contributed by atoms with E-state index in [-0.39, 0.29) is 6.03 Å². The molecule has 2 amide bonds. The molecular weight excluding hydrogens is 288 g/mol. The Morgan fingerprint density at radius 1 is 1.04 bits per heavy atom. The summed E-state index contributed by atoms with van der Waals surface area (Å²) in [6, 6.07) is 16.2. The molecule has 0 radical (unpaired) electrons. The maximum Gasteiger partial charge on any atom is 0.323 e. The predicted molar refractivity (Wildman–Crippen MR) is 93.8 cm³/mol. The van der Waals surface area contributed by atoms with Crippen LogP contribution in [0.15, 0.2) is 48.5 Å². The zero-order valence-corrected chi connectivity index (χ0v) is 13.3. The van der Waals surface area contributed by atoms with E-state index >= 15 is 0 Å². The number of amides is 2. The Morgan fingerprint density at radius 3 is 2.30 bits per heavy atom. The molecule has 2 rings (SSSR count). The van der Waals surface area contributed by atoms with E-state index in [2.05, 4.69) is 29.4 Å². The summed E-state index contributed by atoms with van der Waals surface area (Å²) in [5.41, 5.74) is 2.94. The SMILES string of the molecule is CCN(CC)c1ccc(NC(=O)Nc2cccc(C#N)c2)cc1. The van der Waals surface area contributed by atoms with Crippen molar-refractivity contribution < 1.29 is 4.79 Å². The third-order valence-electron chi connectivity index (χ3n) is 3.50. The third kappa shape index (κ3) is 4.48. The minimum absolute atomic E-state index is 0.337. The van der Waals surface area contributed by atoms with Crippen LogP contribution in [0.2, 0.25) is 0 Å². The molecule has 0 bridgehead atoms. The number of nitrogens with one attached hydrogen (secondary N) is 2. The molecule has 0 aliphatic rings. The first-order valence-corrected chi connectivity index (χ1v) is 7.59. The second-order valence-corrected chi connectivity index (χ2v) is 4.99. The fourth-order valence-electron chi connectivity index (χ4n) is 2.30. The number of urea groups is 1. The Morgan fingerprint density at radius 2 is 1.70 bits per heavy atom. The second kappa shape index (κ2) is 7.85. The van der Waals surface area contributed by atoms with Crippen molar-refractivity contribution in [1.82, 2.24) is 0 Å². The lowest BCUT2D eigenvalue weighted by atomic mass is 10.2. The molecule has 0 spiro atoms. The first kappa shape index (κ1) is 16.4. The lowest BCUT2D eigenvalue weighted by Crippen LogP contribution is -2.22. The number of hydrogen-bond donors (Lipinski definition) is 2. The van der Waals surface area contributed by atoms with E-state index in [9.17, 15) is 4.79 Å². The van der Waals surface area contributed by atoms with Gasteiger partial charge in [-0.2, -0.15) is 5.26 Å². The van der Waals surface area contributed by atoms with Crippen LogP contribution < -0.4 is 15.5 Å². The van der Waals surface area contributed by atoms with Gasteiger partial charge in [-0.15, -0.1) is 0 Å². The maximum absolute atomic E-state index is 12.0. The highest BCUT2D eigenvalue weighted by molar-refractivity contribution is 5.99. The van der Waals surface area contributed by atoms with Crippen molar-refractivity contribution in [1.29, 1.82) is 5.26 Å². The Kier molecular flexibility index (Phi) is 5.59. The van der Waals surface area contributed by atoms with Gasteiger partial charge in [-0.1, -0.05) is 6.07 Å². The minimum Gasteiger partial charge on any atom is -0.372 e. The van der Waals surface area contributed by atoms with Gasteiger partial charge in [-0.25, -0.2) is 4.79 Å². The summed E-state index contributed by atoms with van der Waals surface area (Å²) in [6.07, 6.45) is 0. The van der Waals surface area contributed by atoms with Crippen molar-refractivity contribution in [3.05, 3.63) is 54.1 Å². The third-order valence-corrected chi connectivity index (χ3v) is 3.50. The molecule has 0 heterocycles. The monoisotopic (exact) mass is 308 g/mol. The first-order chi connectivity index (χ1) is 11.2. The molecule has 5 nitrogen and oxygen atoms in total. The van der Waals surface area contributed by atoms with Gasteiger partial charge in [0.05, 0.1) is 11.6 Å². The van der Waals surface area contributed by atoms with Crippen LogP contribution >= 0.6 is 0 Å². The maximum atomic E-state index is 12.0. The summed E-state index contributed by atoms with van der Waals surface area (Å²) in [5.74, 6) is 0. The molecule has 2 N–H and O–H groups in total. The van der Waals surface area contributed by atoms with Crippen LogP contribution in [0.1, 0.15) is 19.4 Å². The molecule has 0 saturated carbocycles. The van der Waals surface area contributed by atoms with Crippen molar-refractivity contribution in [2.75, 3.05) is 28.6 Å². The topological polar surface area (TPSA) is 68.2 Å². The van der Waals surface area contributed by atoms with Crippen molar-refractivity contribution in [2.24, 2.45) is 0 Å². The molecule has 118 valence electrons. The van der Waals surface area contributed by atoms with Gasteiger partial charge in [0.25, 0.3) is 0 Å². The molecular formula is C18H20N4O. The summed E-state index contributed by atoms with van der Waals surface area (Å²) >= 11 is 0. The van der Waals surface area contributed by atoms with Gasteiger partial charge in [0.15, 0.2) is 0 Å². The van der Waals surface area contributed by atoms with Gasteiger partial charge < -0.3 is 15.5 Å². The molecule has 2 aromatic carbocycles. The van der Waals surface area contributed by atoms with Crippen molar-refractivity contribution in [3.63, 3.8) is 0 Å². The quantitative estimate of drug-likeness (QED) is 0.875. The van der Waals surface area contributed by atoms with Crippen LogP contribution in [0.3, 0.4) is 0 Å². The Labute approximate surface area is 136 Å². The highest BCUT2D eigenvalue weighted by atomic mass is 16.2. The van der Waals surface area contributed by atoms with Gasteiger partial charge in [0.2, 0.25) is 0 Å². The van der Waals surface area contributed by atoms with E-state index in [4.69, 9.17) is 5.26 Å². The molecule has 5 heteroatoms. The lowest BCUT2D eigenvalue weighted by molar-refractivity contribution is 0.262. The zero-order chi connectivity index (χ0) is 16.7. The van der Waals surface area contributed by atoms with Crippen LogP contribution in [0, 0.1) is 11.3 Å². The molecule has 0 atom stereocenters. The van der Waals surface area contributed by atoms with E-state index in [0.717, 1.165) is 24.5 Å². The van der Waals surface area contributed by atoms with Crippen LogP contribution in [-0.2, 0) is 0 Å². The molecule has 23 heavy (non-hydrogen) atoms. The molecule has 0 aliphatic carbocycles. The van der Waals surface area contributed by atoms with Gasteiger partial charge in [0, 0.05) is 30.2 Å². The molecule has 0 aliphatic heterocycles. The van der Waals surface area contributed by atoms with Crippen LogP contribution in [0.25, 0.3) is 0 Å². The van der Waals surface area contributed by atoms with E-state index in [1.54, 1.807) is 24.3 Å². The van der Waals surface area contributed by atoms with Crippen molar-refractivity contribution in [2.45, 2.75) is 13.8 Å². The zero-order valence-electron chi connectivity index (χ0n) is 13.3. The summed E-state index contributed by atoms with van der Waals surface area (Å²) in [6.45, 7) is 6.11. The molecule has 2 aromatic rings. The van der Waals surface area contributed by atoms with Gasteiger partial charge in [-0.3, -0.25) is 0 Å². The van der Waals surface area contributed by atoms with Crippen molar-refractivity contribution in [3.8, 4) is 6.07 Å². The number of benzene rings is 2. The fraction of sp³-hybridized carbons (Fsp3) is 0.222. The molecule has 0 saturated heterocycles. The van der Waals surface area contributed by atoms with E-state index in [0.29, 0.717) is 11.3 Å². The molecule has 0 aromatic heterocycles. The fourth-order valence-corrected chi connectivity index (χ4v) is 2.30. The van der Waals surface area contributed by atoms with Gasteiger partial charge in [-0.05, 0) is 56.3 Å². The number of nitrogens with zero attached hydrogens (tertiary/aromatic N) is 2. The van der Waals surface area contributed by atoms with E-state index in [1.165, 1.54) is 0 Å². The standard InChI is InChI=1S/C18H20N4O/c1-3-22(4-2)17-10-8-15(9-11-17)20-18(23)21-16-7-5-6-14(12-16)13-19/h5-12H,3-4H2,1-2H3,(H2,20,21,23). The van der Waals surface area contributed by atoms with Gasteiger partial charge >= 0.3 is 6.03 Å². The number of carbonyl (C=O) groups excluding carboxylic acids is 1. The van der Waals surface area contributed by atoms with Crippen LogP contribution in [0.4, 0.5) is 21.9 Å². The highest BCUT2D eigenvalue weighted by Crippen LogP contribution is 2.18. The Balaban J connectivity index is 1.98.